The van der Waals surface area contributed by atoms with E-state index in [1.807, 2.05) is 19.9 Å². The number of aromatic nitrogens is 3. The maximum absolute atomic E-state index is 14.2. The average Bonchev–Trinajstić information content (AvgIpc) is 3.08. The number of amides is 1. The Kier molecular flexibility index (Phi) is 6.93. The van der Waals surface area contributed by atoms with E-state index in [0.29, 0.717) is 24.4 Å². The highest BCUT2D eigenvalue weighted by Crippen LogP contribution is 2.47. The fourth-order valence-electron chi connectivity index (χ4n) is 5.43. The van der Waals surface area contributed by atoms with Crippen molar-refractivity contribution in [1.82, 2.24) is 19.4 Å². The molecule has 0 spiro atoms. The van der Waals surface area contributed by atoms with E-state index in [1.54, 1.807) is 28.3 Å². The first kappa shape index (κ1) is 26.6. The Morgan fingerprint density at radius 3 is 2.55 bits per heavy atom. The molecule has 3 aromatic rings. The maximum atomic E-state index is 14.2. The van der Waals surface area contributed by atoms with Crippen molar-refractivity contribution in [3.05, 3.63) is 69.9 Å². The lowest BCUT2D eigenvalue weighted by Crippen LogP contribution is -2.58. The first-order chi connectivity index (χ1) is 18.0. The molecule has 1 fully saturated rings. The van der Waals surface area contributed by atoms with E-state index in [4.69, 9.17) is 11.6 Å². The largest absolute Gasteiger partial charge is 0.417 e. The van der Waals surface area contributed by atoms with Crippen LogP contribution in [0.25, 0.3) is 10.9 Å². The topological polar surface area (TPSA) is 71.3 Å². The number of hydrogen-bond acceptors (Lipinski definition) is 6. The van der Waals surface area contributed by atoms with Gasteiger partial charge in [-0.3, -0.25) is 14.3 Å². The number of carbonyl (C=O) groups excluding carboxylic acids is 1. The molecule has 0 radical (unpaired) electrons. The number of piperazine rings is 1. The predicted molar refractivity (Wildman–Crippen MR) is 142 cm³/mol. The summed E-state index contributed by atoms with van der Waals surface area (Å²) < 4.78 is 43.9. The molecule has 1 amide bonds. The third-order valence-corrected chi connectivity index (χ3v) is 8.84. The van der Waals surface area contributed by atoms with Gasteiger partial charge >= 0.3 is 11.9 Å². The second-order valence-corrected chi connectivity index (χ2v) is 11.0. The second-order valence-electron chi connectivity index (χ2n) is 9.64. The van der Waals surface area contributed by atoms with Crippen molar-refractivity contribution in [1.29, 1.82) is 0 Å². The van der Waals surface area contributed by atoms with Gasteiger partial charge in [-0.15, -0.1) is 11.8 Å². The van der Waals surface area contributed by atoms with E-state index in [9.17, 15) is 22.8 Å². The molecule has 0 unspecified atom stereocenters. The van der Waals surface area contributed by atoms with Crippen LogP contribution in [0.15, 0.2) is 52.9 Å². The van der Waals surface area contributed by atoms with E-state index in [2.05, 4.69) is 16.5 Å². The van der Waals surface area contributed by atoms with Crippen LogP contribution in [-0.4, -0.2) is 56.3 Å². The summed E-state index contributed by atoms with van der Waals surface area (Å²) in [7, 11) is 0. The molecule has 12 heteroatoms. The van der Waals surface area contributed by atoms with Gasteiger partial charge < -0.3 is 9.80 Å². The second kappa shape index (κ2) is 9.92. The van der Waals surface area contributed by atoms with E-state index >= 15 is 0 Å². The number of carbonyl (C=O) groups is 1. The minimum Gasteiger partial charge on any atom is -0.352 e. The number of hydrogen-bond donors (Lipinski definition) is 0. The highest BCUT2D eigenvalue weighted by molar-refractivity contribution is 7.99. The van der Waals surface area contributed by atoms with Crippen LogP contribution in [0, 0.1) is 0 Å². The highest BCUT2D eigenvalue weighted by atomic mass is 35.5. The van der Waals surface area contributed by atoms with Crippen molar-refractivity contribution < 1.29 is 18.0 Å². The molecule has 0 N–H and O–H groups in total. The van der Waals surface area contributed by atoms with Gasteiger partial charge in [0.25, 0.3) is 0 Å². The molecule has 2 aliphatic heterocycles. The summed E-state index contributed by atoms with van der Waals surface area (Å²) in [6.07, 6.45) is -0.126. The molecule has 2 aromatic heterocycles. The van der Waals surface area contributed by atoms with Crippen molar-refractivity contribution >= 4 is 46.0 Å². The van der Waals surface area contributed by atoms with E-state index in [0.717, 1.165) is 11.6 Å². The lowest BCUT2D eigenvalue weighted by molar-refractivity contribution is -0.137. The smallest absolute Gasteiger partial charge is 0.352 e. The molecule has 5 rings (SSSR count). The number of anilines is 1. The first-order valence-electron chi connectivity index (χ1n) is 12.1. The fourth-order valence-corrected chi connectivity index (χ4v) is 7.10. The van der Waals surface area contributed by atoms with Gasteiger partial charge in [0.05, 0.1) is 21.0 Å². The Morgan fingerprint density at radius 2 is 1.95 bits per heavy atom. The number of halogens is 4. The minimum absolute atomic E-state index is 0.162. The molecule has 7 nitrogen and oxygen atoms in total. The molecule has 0 aliphatic carbocycles. The summed E-state index contributed by atoms with van der Waals surface area (Å²) in [6, 6.07) is 4.11. The highest BCUT2D eigenvalue weighted by Gasteiger charge is 2.39. The van der Waals surface area contributed by atoms with E-state index < -0.39 is 22.5 Å². The standard InChI is InChI=1S/C26H25ClF3N5O2S/c1-4-20(36)35-14(2)10-33(11-15(35)3)24-18-8-19(26(28,29)30)21(27)23-22(18)34(25(37)32-24)12-17(13-38-23)16-6-5-7-31-9-16/h4-9,14-15,17H,1,10-13H2,2-3H3/t14-,15+,17-/m0/s1. The van der Waals surface area contributed by atoms with Gasteiger partial charge in [-0.2, -0.15) is 18.2 Å². The minimum atomic E-state index is -4.70. The van der Waals surface area contributed by atoms with Gasteiger partial charge in [0, 0.05) is 61.2 Å². The molecule has 1 aromatic carbocycles. The van der Waals surface area contributed by atoms with Gasteiger partial charge in [0.15, 0.2) is 0 Å². The molecule has 1 saturated heterocycles. The monoisotopic (exact) mass is 563 g/mol. The molecular formula is C26H25ClF3N5O2S. The van der Waals surface area contributed by atoms with Crippen LogP contribution in [-0.2, 0) is 17.5 Å². The number of pyridine rings is 1. The number of thioether (sulfide) groups is 1. The zero-order chi connectivity index (χ0) is 27.4. The summed E-state index contributed by atoms with van der Waals surface area (Å²) in [5, 5.41) is -0.214. The number of rotatable bonds is 3. The van der Waals surface area contributed by atoms with Crippen LogP contribution in [0.2, 0.25) is 5.02 Å². The third kappa shape index (κ3) is 4.55. The van der Waals surface area contributed by atoms with E-state index in [1.165, 1.54) is 22.4 Å². The summed E-state index contributed by atoms with van der Waals surface area (Å²) in [5.41, 5.74) is -0.316. The molecule has 200 valence electrons. The summed E-state index contributed by atoms with van der Waals surface area (Å²) >= 11 is 7.60. The molecule has 4 heterocycles. The van der Waals surface area contributed by atoms with Crippen molar-refractivity contribution in [2.75, 3.05) is 23.7 Å². The van der Waals surface area contributed by atoms with Crippen LogP contribution < -0.4 is 10.6 Å². The van der Waals surface area contributed by atoms with Crippen molar-refractivity contribution in [3.8, 4) is 0 Å². The number of benzene rings is 1. The van der Waals surface area contributed by atoms with Crippen LogP contribution in [0.3, 0.4) is 0 Å². The summed E-state index contributed by atoms with van der Waals surface area (Å²) in [6.45, 7) is 8.06. The number of nitrogens with zero attached hydrogens (tertiary/aromatic N) is 5. The van der Waals surface area contributed by atoms with Crippen molar-refractivity contribution in [3.63, 3.8) is 0 Å². The normalized spacial score (nSPS) is 21.9. The van der Waals surface area contributed by atoms with Gasteiger partial charge in [0.2, 0.25) is 5.91 Å². The molecule has 0 bridgehead atoms. The quantitative estimate of drug-likeness (QED) is 0.419. The zero-order valence-corrected chi connectivity index (χ0v) is 22.3. The van der Waals surface area contributed by atoms with Crippen LogP contribution in [0.1, 0.15) is 30.9 Å². The molecule has 38 heavy (non-hydrogen) atoms. The third-order valence-electron chi connectivity index (χ3n) is 7.08. The lowest BCUT2D eigenvalue weighted by atomic mass is 10.0. The summed E-state index contributed by atoms with van der Waals surface area (Å²) in [4.78, 5) is 38.0. The Bertz CT molecular complexity index is 1470. The molecule has 3 atom stereocenters. The lowest BCUT2D eigenvalue weighted by Gasteiger charge is -2.44. The number of alkyl halides is 3. The zero-order valence-electron chi connectivity index (χ0n) is 20.7. The maximum Gasteiger partial charge on any atom is 0.417 e. The first-order valence-corrected chi connectivity index (χ1v) is 13.4. The predicted octanol–water partition coefficient (Wildman–Crippen LogP) is 4.96. The Balaban J connectivity index is 1.70. The Morgan fingerprint density at radius 1 is 1.24 bits per heavy atom. The fraction of sp³-hybridized carbons (Fsp3) is 0.385. The Labute approximate surface area is 226 Å². The van der Waals surface area contributed by atoms with Crippen LogP contribution in [0.5, 0.6) is 0 Å². The summed E-state index contributed by atoms with van der Waals surface area (Å²) in [5.74, 6) is 0.160. The average molecular weight is 564 g/mol. The van der Waals surface area contributed by atoms with Crippen molar-refractivity contribution in [2.24, 2.45) is 0 Å². The van der Waals surface area contributed by atoms with Crippen molar-refractivity contribution in [2.45, 2.75) is 49.5 Å². The van der Waals surface area contributed by atoms with E-state index in [-0.39, 0.29) is 46.6 Å². The van der Waals surface area contributed by atoms with Gasteiger partial charge in [-0.05, 0) is 37.6 Å². The Hall–Kier alpha value is -3.05. The van der Waals surface area contributed by atoms with Gasteiger partial charge in [-0.25, -0.2) is 4.79 Å². The van der Waals surface area contributed by atoms with Crippen LogP contribution >= 0.6 is 23.4 Å². The van der Waals surface area contributed by atoms with Gasteiger partial charge in [-0.1, -0.05) is 24.2 Å². The SMILES string of the molecule is C=CC(=O)N1[C@H](C)CN(c2nc(=O)n3c4c(c(Cl)c(C(F)(F)F)cc24)SC[C@@H](c2cccnc2)C3)C[C@@H]1C. The molecule has 2 aliphatic rings. The molecule has 0 saturated carbocycles. The molecular weight excluding hydrogens is 539 g/mol. The van der Waals surface area contributed by atoms with Crippen LogP contribution in [0.4, 0.5) is 19.0 Å². The van der Waals surface area contributed by atoms with Gasteiger partial charge in [0.1, 0.15) is 5.82 Å².